The predicted octanol–water partition coefficient (Wildman–Crippen LogP) is 2.74. The zero-order valence-electron chi connectivity index (χ0n) is 11.4. The van der Waals surface area contributed by atoms with E-state index in [0.717, 1.165) is 11.6 Å². The average molecular weight is 282 g/mol. The first-order valence-electron chi connectivity index (χ1n) is 6.30. The molecule has 0 fully saturated rings. The molecule has 0 aliphatic heterocycles. The molecule has 1 aromatic heterocycles. The van der Waals surface area contributed by atoms with Crippen molar-refractivity contribution in [3.63, 3.8) is 0 Å². The van der Waals surface area contributed by atoms with E-state index >= 15 is 0 Å². The van der Waals surface area contributed by atoms with Crippen molar-refractivity contribution in [1.29, 1.82) is 0 Å². The van der Waals surface area contributed by atoms with E-state index in [1.54, 1.807) is 36.5 Å². The summed E-state index contributed by atoms with van der Waals surface area (Å²) < 4.78 is 0. The Morgan fingerprint density at radius 3 is 2.71 bits per heavy atom. The number of carbonyl (C=O) groups is 2. The Balaban J connectivity index is 2.14. The van der Waals surface area contributed by atoms with Crippen LogP contribution in [0.5, 0.6) is 0 Å². The largest absolute Gasteiger partial charge is 0.478 e. The Labute approximate surface area is 122 Å². The molecule has 1 aromatic carbocycles. The first kappa shape index (κ1) is 14.5. The van der Waals surface area contributed by atoms with Gasteiger partial charge in [0.2, 0.25) is 0 Å². The molecule has 2 rings (SSSR count). The Morgan fingerprint density at radius 2 is 2.05 bits per heavy atom. The van der Waals surface area contributed by atoms with E-state index in [9.17, 15) is 9.59 Å². The Kier molecular flexibility index (Phi) is 4.46. The van der Waals surface area contributed by atoms with Gasteiger partial charge in [-0.05, 0) is 42.3 Å². The number of amides is 1. The summed E-state index contributed by atoms with van der Waals surface area (Å²) in [5.74, 6) is -0.859. The van der Waals surface area contributed by atoms with Gasteiger partial charge in [0.05, 0.1) is 0 Å². The molecule has 2 aromatic rings. The maximum atomic E-state index is 12.1. The zero-order valence-corrected chi connectivity index (χ0v) is 11.4. The summed E-state index contributed by atoms with van der Waals surface area (Å²) in [5, 5.41) is 11.3. The van der Waals surface area contributed by atoms with Crippen LogP contribution in [0.1, 0.15) is 21.5 Å². The lowest BCUT2D eigenvalue weighted by atomic mass is 10.1. The van der Waals surface area contributed by atoms with Crippen molar-refractivity contribution in [2.75, 3.05) is 5.32 Å². The fourth-order valence-electron chi connectivity index (χ4n) is 1.68. The van der Waals surface area contributed by atoms with Crippen LogP contribution in [-0.2, 0) is 4.79 Å². The fraction of sp³-hybridized carbons (Fsp3) is 0.0625. The summed E-state index contributed by atoms with van der Waals surface area (Å²) in [6.07, 6.45) is 4.13. The molecule has 0 spiro atoms. The Morgan fingerprint density at radius 1 is 1.24 bits per heavy atom. The predicted molar refractivity (Wildman–Crippen MR) is 80.0 cm³/mol. The van der Waals surface area contributed by atoms with E-state index in [1.165, 1.54) is 6.08 Å². The monoisotopic (exact) mass is 282 g/mol. The third kappa shape index (κ3) is 4.28. The second-order valence-corrected chi connectivity index (χ2v) is 4.47. The van der Waals surface area contributed by atoms with Gasteiger partial charge in [-0.2, -0.15) is 0 Å². The lowest BCUT2D eigenvalue weighted by Gasteiger charge is -2.05. The van der Waals surface area contributed by atoms with Gasteiger partial charge in [0.1, 0.15) is 5.82 Å². The summed E-state index contributed by atoms with van der Waals surface area (Å²) in [6, 6.07) is 10.3. The van der Waals surface area contributed by atoms with Gasteiger partial charge in [-0.25, -0.2) is 9.78 Å². The van der Waals surface area contributed by atoms with Crippen molar-refractivity contribution < 1.29 is 14.7 Å². The molecule has 0 atom stereocenters. The number of anilines is 1. The molecule has 0 aliphatic rings. The smallest absolute Gasteiger partial charge is 0.328 e. The molecule has 106 valence electrons. The van der Waals surface area contributed by atoms with Crippen LogP contribution in [0.2, 0.25) is 0 Å². The third-order valence-electron chi connectivity index (χ3n) is 2.72. The molecule has 0 aliphatic carbocycles. The number of pyridine rings is 1. The minimum Gasteiger partial charge on any atom is -0.478 e. The van der Waals surface area contributed by atoms with Crippen LogP contribution in [0.3, 0.4) is 0 Å². The summed E-state index contributed by atoms with van der Waals surface area (Å²) in [7, 11) is 0. The van der Waals surface area contributed by atoms with Crippen LogP contribution >= 0.6 is 0 Å². The quantitative estimate of drug-likeness (QED) is 0.845. The Bertz CT molecular complexity index is 691. The van der Waals surface area contributed by atoms with Crippen molar-refractivity contribution >= 4 is 23.8 Å². The summed E-state index contributed by atoms with van der Waals surface area (Å²) in [6.45, 7) is 1.91. The molecule has 21 heavy (non-hydrogen) atoms. The minimum atomic E-state index is -1.03. The Hall–Kier alpha value is -2.95. The summed E-state index contributed by atoms with van der Waals surface area (Å²) in [4.78, 5) is 26.7. The van der Waals surface area contributed by atoms with Crippen molar-refractivity contribution in [2.24, 2.45) is 0 Å². The van der Waals surface area contributed by atoms with Crippen LogP contribution in [0, 0.1) is 6.92 Å². The first-order valence-corrected chi connectivity index (χ1v) is 6.30. The van der Waals surface area contributed by atoms with Gasteiger partial charge in [-0.1, -0.05) is 18.2 Å². The topological polar surface area (TPSA) is 79.3 Å². The SMILES string of the molecule is Cc1ccc(NC(=O)c2cccc(C=CC(=O)O)c2)nc1. The van der Waals surface area contributed by atoms with E-state index in [-0.39, 0.29) is 5.91 Å². The van der Waals surface area contributed by atoms with Crippen molar-refractivity contribution in [3.8, 4) is 0 Å². The highest BCUT2D eigenvalue weighted by Gasteiger charge is 2.06. The lowest BCUT2D eigenvalue weighted by molar-refractivity contribution is -0.131. The van der Waals surface area contributed by atoms with Crippen LogP contribution in [0.25, 0.3) is 6.08 Å². The van der Waals surface area contributed by atoms with Crippen LogP contribution in [-0.4, -0.2) is 22.0 Å². The van der Waals surface area contributed by atoms with E-state index in [2.05, 4.69) is 10.3 Å². The molecule has 5 heteroatoms. The van der Waals surface area contributed by atoms with Crippen molar-refractivity contribution in [3.05, 3.63) is 65.4 Å². The molecule has 0 saturated heterocycles. The van der Waals surface area contributed by atoms with Gasteiger partial charge in [0.15, 0.2) is 0 Å². The molecule has 0 radical (unpaired) electrons. The molecular formula is C16H14N2O3. The van der Waals surface area contributed by atoms with Gasteiger partial charge in [-0.15, -0.1) is 0 Å². The van der Waals surface area contributed by atoms with Crippen molar-refractivity contribution in [1.82, 2.24) is 4.98 Å². The third-order valence-corrected chi connectivity index (χ3v) is 2.72. The van der Waals surface area contributed by atoms with Gasteiger partial charge >= 0.3 is 5.97 Å². The molecule has 1 heterocycles. The van der Waals surface area contributed by atoms with Crippen molar-refractivity contribution in [2.45, 2.75) is 6.92 Å². The number of nitrogens with one attached hydrogen (secondary N) is 1. The molecule has 2 N–H and O–H groups in total. The number of carboxylic acids is 1. The van der Waals surface area contributed by atoms with E-state index in [1.807, 2.05) is 13.0 Å². The zero-order chi connectivity index (χ0) is 15.2. The number of aliphatic carboxylic acids is 1. The van der Waals surface area contributed by atoms with Crippen LogP contribution < -0.4 is 5.32 Å². The number of carbonyl (C=O) groups excluding carboxylic acids is 1. The number of benzene rings is 1. The molecule has 0 saturated carbocycles. The second-order valence-electron chi connectivity index (χ2n) is 4.47. The summed E-state index contributed by atoms with van der Waals surface area (Å²) >= 11 is 0. The normalized spacial score (nSPS) is 10.5. The van der Waals surface area contributed by atoms with Gasteiger partial charge < -0.3 is 10.4 Å². The summed E-state index contributed by atoms with van der Waals surface area (Å²) in [5.41, 5.74) is 2.08. The highest BCUT2D eigenvalue weighted by atomic mass is 16.4. The number of hydrogen-bond acceptors (Lipinski definition) is 3. The first-order chi connectivity index (χ1) is 10.0. The second kappa shape index (κ2) is 6.47. The average Bonchev–Trinajstić information content (AvgIpc) is 2.48. The number of aryl methyl sites for hydroxylation is 1. The minimum absolute atomic E-state index is 0.295. The molecule has 0 unspecified atom stereocenters. The standard InChI is InChI=1S/C16H14N2O3/c1-11-5-7-14(17-10-11)18-16(21)13-4-2-3-12(9-13)6-8-15(19)20/h2-10H,1H3,(H,19,20)(H,17,18,21). The van der Waals surface area contributed by atoms with E-state index in [0.29, 0.717) is 16.9 Å². The molecule has 0 bridgehead atoms. The maximum Gasteiger partial charge on any atom is 0.328 e. The van der Waals surface area contributed by atoms with Crippen LogP contribution in [0.4, 0.5) is 5.82 Å². The highest BCUT2D eigenvalue weighted by Crippen LogP contribution is 2.10. The van der Waals surface area contributed by atoms with Gasteiger partial charge in [-0.3, -0.25) is 4.79 Å². The van der Waals surface area contributed by atoms with Gasteiger partial charge in [0.25, 0.3) is 5.91 Å². The lowest BCUT2D eigenvalue weighted by Crippen LogP contribution is -2.12. The fourth-order valence-corrected chi connectivity index (χ4v) is 1.68. The van der Waals surface area contributed by atoms with Crippen LogP contribution in [0.15, 0.2) is 48.7 Å². The van der Waals surface area contributed by atoms with Gasteiger partial charge in [0, 0.05) is 17.8 Å². The number of hydrogen-bond donors (Lipinski definition) is 2. The molecular weight excluding hydrogens is 268 g/mol. The van der Waals surface area contributed by atoms with E-state index < -0.39 is 5.97 Å². The maximum absolute atomic E-state index is 12.1. The molecule has 1 amide bonds. The number of aromatic nitrogens is 1. The molecule has 5 nitrogen and oxygen atoms in total. The number of carboxylic acid groups (broad SMARTS) is 1. The number of nitrogens with zero attached hydrogens (tertiary/aromatic N) is 1. The van der Waals surface area contributed by atoms with E-state index in [4.69, 9.17) is 5.11 Å². The number of rotatable bonds is 4. The highest BCUT2D eigenvalue weighted by molar-refractivity contribution is 6.04.